The van der Waals surface area contributed by atoms with Gasteiger partial charge in [0.25, 0.3) is 0 Å². The number of H-pyrrole nitrogens is 2. The van der Waals surface area contributed by atoms with E-state index in [-0.39, 0.29) is 29.4 Å². The second-order valence-corrected chi connectivity index (χ2v) is 4.89. The maximum atomic E-state index is 14.5. The molecule has 0 saturated heterocycles. The number of aromatic amines is 2. The molecule has 0 amide bonds. The molecule has 0 radical (unpaired) electrons. The lowest BCUT2D eigenvalue weighted by atomic mass is 10.00. The predicted molar refractivity (Wildman–Crippen MR) is 74.3 cm³/mol. The van der Waals surface area contributed by atoms with Crippen molar-refractivity contribution < 1.29 is 13.9 Å². The van der Waals surface area contributed by atoms with Crippen molar-refractivity contribution in [1.29, 1.82) is 0 Å². The molecule has 21 heavy (non-hydrogen) atoms. The van der Waals surface area contributed by atoms with Crippen molar-refractivity contribution in [2.24, 2.45) is 0 Å². The largest absolute Gasteiger partial charge is 0.396 e. The summed E-state index contributed by atoms with van der Waals surface area (Å²) in [6, 6.07) is 0. The van der Waals surface area contributed by atoms with Gasteiger partial charge in [-0.2, -0.15) is 0 Å². The van der Waals surface area contributed by atoms with Gasteiger partial charge < -0.3 is 10.2 Å². The molecule has 3 rings (SSSR count). The van der Waals surface area contributed by atoms with E-state index in [0.717, 1.165) is 0 Å². The number of aryl methyl sites for hydroxylation is 1. The van der Waals surface area contributed by atoms with Gasteiger partial charge in [-0.1, -0.05) is 0 Å². The van der Waals surface area contributed by atoms with Crippen molar-refractivity contribution >= 4 is 21.8 Å². The average molecular weight is 293 g/mol. The molecule has 7 heteroatoms. The number of hydrogen-bond donors (Lipinski definition) is 3. The Kier molecular flexibility index (Phi) is 3.21. The first kappa shape index (κ1) is 13.7. The van der Waals surface area contributed by atoms with E-state index in [1.54, 1.807) is 0 Å². The van der Waals surface area contributed by atoms with Crippen LogP contribution in [0.1, 0.15) is 17.7 Å². The zero-order chi connectivity index (χ0) is 15.1. The highest BCUT2D eigenvalue weighted by Gasteiger charge is 2.21. The fourth-order valence-corrected chi connectivity index (χ4v) is 2.52. The Morgan fingerprint density at radius 1 is 1.29 bits per heavy atom. The molecule has 0 unspecified atom stereocenters. The molecule has 5 nitrogen and oxygen atoms in total. The fourth-order valence-electron chi connectivity index (χ4n) is 2.52. The zero-order valence-electron chi connectivity index (χ0n) is 11.3. The summed E-state index contributed by atoms with van der Waals surface area (Å²) in [4.78, 5) is 16.1. The molecule has 110 valence electrons. The van der Waals surface area contributed by atoms with Crippen LogP contribution in [0, 0.1) is 18.6 Å². The third-order valence-electron chi connectivity index (χ3n) is 3.60. The highest BCUT2D eigenvalue weighted by Crippen LogP contribution is 2.30. The number of halogens is 2. The van der Waals surface area contributed by atoms with Crippen LogP contribution in [0.4, 0.5) is 8.78 Å². The maximum absolute atomic E-state index is 14.5. The Morgan fingerprint density at radius 3 is 2.76 bits per heavy atom. The predicted octanol–water partition coefficient (Wildman–Crippen LogP) is 1.92. The molecule has 0 aliphatic carbocycles. The lowest BCUT2D eigenvalue weighted by Gasteiger charge is -2.09. The number of hydrogen-bond acceptors (Lipinski definition) is 3. The Labute approximate surface area is 117 Å². The SMILES string of the molecule is Cc1c(F)c2c(CCCO)nc3[nH][nH]cc3c2c(F)c1=O. The van der Waals surface area contributed by atoms with Gasteiger partial charge in [0.15, 0.2) is 11.5 Å². The number of fused-ring (bicyclic) bond motifs is 3. The van der Waals surface area contributed by atoms with E-state index in [1.165, 1.54) is 13.1 Å². The molecule has 1 aromatic carbocycles. The van der Waals surface area contributed by atoms with Crippen molar-refractivity contribution in [3.63, 3.8) is 0 Å². The van der Waals surface area contributed by atoms with E-state index in [0.29, 0.717) is 23.1 Å². The molecule has 0 spiro atoms. The lowest BCUT2D eigenvalue weighted by molar-refractivity contribution is 0.288. The summed E-state index contributed by atoms with van der Waals surface area (Å²) in [5.74, 6) is -1.73. The number of benzene rings is 1. The summed E-state index contributed by atoms with van der Waals surface area (Å²) in [5, 5.41) is 14.6. The second kappa shape index (κ2) is 4.92. The molecule has 2 heterocycles. The molecule has 2 aromatic heterocycles. The minimum absolute atomic E-state index is 0.0125. The summed E-state index contributed by atoms with van der Waals surface area (Å²) in [6.45, 7) is 1.17. The van der Waals surface area contributed by atoms with Gasteiger partial charge in [-0.25, -0.2) is 13.8 Å². The molecule has 3 aromatic rings. The number of aliphatic hydroxyl groups excluding tert-OH is 1. The molecular formula is C14H13F2N3O2. The number of rotatable bonds is 3. The monoisotopic (exact) mass is 293 g/mol. The van der Waals surface area contributed by atoms with E-state index in [2.05, 4.69) is 15.2 Å². The quantitative estimate of drug-likeness (QED) is 0.690. The minimum Gasteiger partial charge on any atom is -0.396 e. The third kappa shape index (κ3) is 1.92. The van der Waals surface area contributed by atoms with Crippen molar-refractivity contribution in [3.05, 3.63) is 39.3 Å². The van der Waals surface area contributed by atoms with Crippen molar-refractivity contribution in [2.75, 3.05) is 6.61 Å². The summed E-state index contributed by atoms with van der Waals surface area (Å²) < 4.78 is 28.8. The van der Waals surface area contributed by atoms with Gasteiger partial charge in [-0.15, -0.1) is 0 Å². The normalized spacial score (nSPS) is 11.6. The smallest absolute Gasteiger partial charge is 0.220 e. The van der Waals surface area contributed by atoms with Crippen molar-refractivity contribution in [1.82, 2.24) is 15.2 Å². The van der Waals surface area contributed by atoms with Gasteiger partial charge in [0.1, 0.15) is 5.82 Å². The van der Waals surface area contributed by atoms with Crippen LogP contribution in [0.25, 0.3) is 21.8 Å². The molecular weight excluding hydrogens is 280 g/mol. The first-order valence-corrected chi connectivity index (χ1v) is 6.53. The van der Waals surface area contributed by atoms with E-state index in [4.69, 9.17) is 5.11 Å². The molecule has 0 aliphatic rings. The van der Waals surface area contributed by atoms with E-state index >= 15 is 0 Å². The number of nitrogens with one attached hydrogen (secondary N) is 2. The Balaban J connectivity index is 2.53. The first-order valence-electron chi connectivity index (χ1n) is 6.53. The van der Waals surface area contributed by atoms with Gasteiger partial charge in [-0.3, -0.25) is 9.89 Å². The van der Waals surface area contributed by atoms with Crippen LogP contribution in [-0.2, 0) is 6.42 Å². The van der Waals surface area contributed by atoms with Crippen LogP contribution in [0.5, 0.6) is 0 Å². The summed E-state index contributed by atoms with van der Waals surface area (Å²) in [6.07, 6.45) is 2.10. The zero-order valence-corrected chi connectivity index (χ0v) is 11.3. The number of nitrogens with zero attached hydrogens (tertiary/aromatic N) is 1. The molecule has 0 bridgehead atoms. The molecule has 0 atom stereocenters. The summed E-state index contributed by atoms with van der Waals surface area (Å²) >= 11 is 0. The minimum atomic E-state index is -0.977. The van der Waals surface area contributed by atoms with Crippen LogP contribution in [-0.4, -0.2) is 26.9 Å². The highest BCUT2D eigenvalue weighted by atomic mass is 19.1. The van der Waals surface area contributed by atoms with Gasteiger partial charge in [0, 0.05) is 34.5 Å². The fraction of sp³-hybridized carbons (Fsp3) is 0.286. The van der Waals surface area contributed by atoms with Crippen molar-refractivity contribution in [2.45, 2.75) is 19.8 Å². The average Bonchev–Trinajstić information content (AvgIpc) is 2.95. The third-order valence-corrected chi connectivity index (χ3v) is 3.60. The topological polar surface area (TPSA) is 81.8 Å². The number of aliphatic hydroxyl groups is 1. The van der Waals surface area contributed by atoms with Crippen LogP contribution < -0.4 is 5.43 Å². The van der Waals surface area contributed by atoms with Crippen LogP contribution in [0.3, 0.4) is 0 Å². The number of aromatic nitrogens is 3. The summed E-state index contributed by atoms with van der Waals surface area (Å²) in [7, 11) is 0. The van der Waals surface area contributed by atoms with Crippen LogP contribution in [0.2, 0.25) is 0 Å². The Bertz CT molecular complexity index is 899. The van der Waals surface area contributed by atoms with Crippen LogP contribution in [0.15, 0.2) is 11.0 Å². The molecule has 0 saturated carbocycles. The standard InChI is InChI=1S/C14H13F2N3O2/c1-6-11(15)10-8(3-2-4-20)18-14-7(5-17-19-14)9(10)12(16)13(6)21/h5,20H,2-4H2,1H3,(H2,17,18,19). The lowest BCUT2D eigenvalue weighted by Crippen LogP contribution is -2.14. The first-order chi connectivity index (χ1) is 10.1. The van der Waals surface area contributed by atoms with Crippen LogP contribution >= 0.6 is 0 Å². The highest BCUT2D eigenvalue weighted by molar-refractivity contribution is 6.06. The van der Waals surface area contributed by atoms with Gasteiger partial charge >= 0.3 is 0 Å². The van der Waals surface area contributed by atoms with E-state index in [9.17, 15) is 13.6 Å². The van der Waals surface area contributed by atoms with E-state index in [1.807, 2.05) is 0 Å². The second-order valence-electron chi connectivity index (χ2n) is 4.89. The molecule has 0 aliphatic heterocycles. The number of pyridine rings is 1. The Morgan fingerprint density at radius 2 is 2.05 bits per heavy atom. The van der Waals surface area contributed by atoms with E-state index < -0.39 is 17.1 Å². The molecule has 3 N–H and O–H groups in total. The summed E-state index contributed by atoms with van der Waals surface area (Å²) in [5.41, 5.74) is -0.536. The van der Waals surface area contributed by atoms with Gasteiger partial charge in [-0.05, 0) is 19.8 Å². The van der Waals surface area contributed by atoms with Gasteiger partial charge in [0.05, 0.1) is 5.69 Å². The van der Waals surface area contributed by atoms with Crippen molar-refractivity contribution in [3.8, 4) is 0 Å². The maximum Gasteiger partial charge on any atom is 0.220 e. The molecule has 0 fully saturated rings. The Hall–Kier alpha value is -2.28. The van der Waals surface area contributed by atoms with Gasteiger partial charge in [0.2, 0.25) is 5.43 Å².